The Balaban J connectivity index is 1.48. The molecule has 2 aromatic carbocycles. The molecule has 1 fully saturated rings. The minimum atomic E-state index is -0.579. The Hall–Kier alpha value is -3.42. The first-order valence-corrected chi connectivity index (χ1v) is 12.9. The molecule has 8 nitrogen and oxygen atoms in total. The van der Waals surface area contributed by atoms with Crippen molar-refractivity contribution in [2.24, 2.45) is 0 Å². The molecule has 0 radical (unpaired) electrons. The SMILES string of the molecule is CN(C(=O)OC(C)(C)C)C1CCN(c2cccc3c2OC(C)(C)CN3C(=O)OCc2ccccc2)CC1. The van der Waals surface area contributed by atoms with Crippen molar-refractivity contribution in [1.29, 1.82) is 0 Å². The van der Waals surface area contributed by atoms with Crippen LogP contribution in [0.4, 0.5) is 21.0 Å². The van der Waals surface area contributed by atoms with Crippen molar-refractivity contribution < 1.29 is 23.8 Å². The fraction of sp³-hybridized carbons (Fsp3) is 0.517. The van der Waals surface area contributed by atoms with Crippen molar-refractivity contribution >= 4 is 23.6 Å². The van der Waals surface area contributed by atoms with Crippen LogP contribution in [0, 0.1) is 0 Å². The molecular formula is C29H39N3O5. The van der Waals surface area contributed by atoms with Crippen LogP contribution in [0.3, 0.4) is 0 Å². The van der Waals surface area contributed by atoms with Crippen molar-refractivity contribution in [3.05, 3.63) is 54.1 Å². The lowest BCUT2D eigenvalue weighted by molar-refractivity contribution is 0.0200. The van der Waals surface area contributed by atoms with Gasteiger partial charge in [-0.3, -0.25) is 4.90 Å². The van der Waals surface area contributed by atoms with E-state index in [1.54, 1.807) is 9.80 Å². The van der Waals surface area contributed by atoms with E-state index < -0.39 is 17.3 Å². The lowest BCUT2D eigenvalue weighted by Gasteiger charge is -2.43. The molecular weight excluding hydrogens is 470 g/mol. The number of fused-ring (bicyclic) bond motifs is 1. The number of piperidine rings is 1. The van der Waals surface area contributed by atoms with E-state index in [0.29, 0.717) is 18.0 Å². The fourth-order valence-corrected chi connectivity index (χ4v) is 4.79. The first kappa shape index (κ1) is 26.6. The van der Waals surface area contributed by atoms with Gasteiger partial charge in [0.2, 0.25) is 0 Å². The molecule has 2 aliphatic heterocycles. The van der Waals surface area contributed by atoms with Gasteiger partial charge in [-0.2, -0.15) is 0 Å². The van der Waals surface area contributed by atoms with Gasteiger partial charge in [0.25, 0.3) is 0 Å². The van der Waals surface area contributed by atoms with Gasteiger partial charge in [-0.25, -0.2) is 9.59 Å². The van der Waals surface area contributed by atoms with Crippen LogP contribution in [0.5, 0.6) is 5.75 Å². The van der Waals surface area contributed by atoms with Gasteiger partial charge in [-0.05, 0) is 65.2 Å². The Morgan fingerprint density at radius 3 is 2.32 bits per heavy atom. The lowest BCUT2D eigenvalue weighted by Crippen LogP contribution is -2.50. The van der Waals surface area contributed by atoms with Gasteiger partial charge in [0.1, 0.15) is 17.8 Å². The van der Waals surface area contributed by atoms with Crippen LogP contribution < -0.4 is 14.5 Å². The van der Waals surface area contributed by atoms with Gasteiger partial charge in [0, 0.05) is 26.2 Å². The summed E-state index contributed by atoms with van der Waals surface area (Å²) in [5, 5.41) is 0. The molecule has 0 N–H and O–H groups in total. The largest absolute Gasteiger partial charge is 0.482 e. The van der Waals surface area contributed by atoms with Crippen LogP contribution in [0.15, 0.2) is 48.5 Å². The van der Waals surface area contributed by atoms with E-state index in [1.165, 1.54) is 0 Å². The van der Waals surface area contributed by atoms with Gasteiger partial charge in [0.15, 0.2) is 5.75 Å². The van der Waals surface area contributed by atoms with Crippen LogP contribution in [0.2, 0.25) is 0 Å². The smallest absolute Gasteiger partial charge is 0.414 e. The molecule has 0 bridgehead atoms. The van der Waals surface area contributed by atoms with Crippen molar-refractivity contribution in [2.75, 3.05) is 36.5 Å². The van der Waals surface area contributed by atoms with E-state index in [4.69, 9.17) is 14.2 Å². The third-order valence-electron chi connectivity index (χ3n) is 6.64. The average Bonchev–Trinajstić information content (AvgIpc) is 2.85. The van der Waals surface area contributed by atoms with Crippen LogP contribution in [0.25, 0.3) is 0 Å². The molecule has 0 aromatic heterocycles. The number of hydrogen-bond acceptors (Lipinski definition) is 6. The van der Waals surface area contributed by atoms with Gasteiger partial charge in [0.05, 0.1) is 17.9 Å². The van der Waals surface area contributed by atoms with E-state index in [0.717, 1.165) is 37.2 Å². The van der Waals surface area contributed by atoms with Gasteiger partial charge in [-0.1, -0.05) is 36.4 Å². The van der Waals surface area contributed by atoms with E-state index in [2.05, 4.69) is 4.90 Å². The normalized spacial score (nSPS) is 17.5. The summed E-state index contributed by atoms with van der Waals surface area (Å²) in [6.07, 6.45) is 0.936. The van der Waals surface area contributed by atoms with Gasteiger partial charge >= 0.3 is 12.2 Å². The summed E-state index contributed by atoms with van der Waals surface area (Å²) >= 11 is 0. The topological polar surface area (TPSA) is 71.6 Å². The number of ether oxygens (including phenoxy) is 3. The molecule has 0 saturated carbocycles. The highest BCUT2D eigenvalue weighted by molar-refractivity contribution is 5.92. The molecule has 1 saturated heterocycles. The Morgan fingerprint density at radius 2 is 1.68 bits per heavy atom. The van der Waals surface area contributed by atoms with E-state index in [1.807, 2.05) is 90.2 Å². The summed E-state index contributed by atoms with van der Waals surface area (Å²) in [6, 6.07) is 15.7. The van der Waals surface area contributed by atoms with Gasteiger partial charge in [-0.15, -0.1) is 0 Å². The number of hydrogen-bond donors (Lipinski definition) is 0. The van der Waals surface area contributed by atoms with Crippen molar-refractivity contribution in [3.8, 4) is 5.75 Å². The maximum Gasteiger partial charge on any atom is 0.414 e. The average molecular weight is 510 g/mol. The fourth-order valence-electron chi connectivity index (χ4n) is 4.79. The summed E-state index contributed by atoms with van der Waals surface area (Å²) in [5.74, 6) is 0.689. The monoisotopic (exact) mass is 509 g/mol. The third-order valence-corrected chi connectivity index (χ3v) is 6.64. The second-order valence-electron chi connectivity index (χ2n) is 11.4. The standard InChI is InChI=1S/C29H39N3O5/c1-28(2,3)37-26(33)30(6)22-15-17-31(18-16-22)23-13-10-14-24-25(23)36-29(4,5)20-32(24)27(34)35-19-21-11-8-7-9-12-21/h7-14,22H,15-20H2,1-6H3. The maximum atomic E-state index is 13.2. The molecule has 0 atom stereocenters. The van der Waals surface area contributed by atoms with E-state index in [9.17, 15) is 9.59 Å². The van der Waals surface area contributed by atoms with Gasteiger partial charge < -0.3 is 24.0 Å². The predicted octanol–water partition coefficient (Wildman–Crippen LogP) is 5.84. The minimum Gasteiger partial charge on any atom is -0.482 e. The first-order chi connectivity index (χ1) is 17.4. The molecule has 200 valence electrons. The summed E-state index contributed by atoms with van der Waals surface area (Å²) in [4.78, 5) is 31.4. The van der Waals surface area contributed by atoms with Crippen molar-refractivity contribution in [2.45, 2.75) is 71.3 Å². The molecule has 0 aliphatic carbocycles. The van der Waals surface area contributed by atoms with Crippen LogP contribution in [-0.2, 0) is 16.1 Å². The highest BCUT2D eigenvalue weighted by atomic mass is 16.6. The number of anilines is 2. The number of carbonyl (C=O) groups is 2. The number of benzene rings is 2. The third kappa shape index (κ3) is 6.48. The Kier molecular flexibility index (Phi) is 7.57. The van der Waals surface area contributed by atoms with Crippen LogP contribution >= 0.6 is 0 Å². The Morgan fingerprint density at radius 1 is 1.03 bits per heavy atom. The Labute approximate surface area is 220 Å². The quantitative estimate of drug-likeness (QED) is 0.516. The zero-order chi connectivity index (χ0) is 26.8. The second kappa shape index (κ2) is 10.5. The molecule has 2 amide bonds. The number of carbonyl (C=O) groups excluding carboxylic acids is 2. The van der Waals surface area contributed by atoms with Crippen LogP contribution in [-0.4, -0.2) is 61.0 Å². The molecule has 2 aliphatic rings. The second-order valence-corrected chi connectivity index (χ2v) is 11.4. The number of rotatable bonds is 4. The minimum absolute atomic E-state index is 0.104. The molecule has 2 aromatic rings. The zero-order valence-corrected chi connectivity index (χ0v) is 22.8. The summed E-state index contributed by atoms with van der Waals surface area (Å²) < 4.78 is 17.7. The number of nitrogens with zero attached hydrogens (tertiary/aromatic N) is 3. The van der Waals surface area contributed by atoms with Crippen molar-refractivity contribution in [3.63, 3.8) is 0 Å². The summed E-state index contributed by atoms with van der Waals surface area (Å²) in [6.45, 7) is 11.7. The highest BCUT2D eigenvalue weighted by Gasteiger charge is 2.38. The molecule has 0 unspecified atom stereocenters. The number of amides is 2. The summed E-state index contributed by atoms with van der Waals surface area (Å²) in [7, 11) is 1.81. The van der Waals surface area contributed by atoms with Crippen molar-refractivity contribution in [1.82, 2.24) is 4.90 Å². The Bertz CT molecular complexity index is 1100. The van der Waals surface area contributed by atoms with E-state index in [-0.39, 0.29) is 18.7 Å². The number of para-hydroxylation sites is 1. The molecule has 0 spiro atoms. The summed E-state index contributed by atoms with van der Waals surface area (Å²) in [5.41, 5.74) is 1.50. The predicted molar refractivity (Wildman–Crippen MR) is 144 cm³/mol. The maximum absolute atomic E-state index is 13.2. The lowest BCUT2D eigenvalue weighted by atomic mass is 10.0. The first-order valence-electron chi connectivity index (χ1n) is 12.9. The molecule has 4 rings (SSSR count). The highest BCUT2D eigenvalue weighted by Crippen LogP contribution is 2.45. The molecule has 8 heteroatoms. The van der Waals surface area contributed by atoms with Crippen LogP contribution in [0.1, 0.15) is 53.0 Å². The van der Waals surface area contributed by atoms with E-state index >= 15 is 0 Å². The molecule has 2 heterocycles. The zero-order valence-electron chi connectivity index (χ0n) is 22.8. The molecule has 37 heavy (non-hydrogen) atoms.